The number of H-pyrrole nitrogens is 1. The first kappa shape index (κ1) is 10.6. The number of nitrogen functional groups attached to an aromatic ring is 1. The number of nitrogens with zero attached hydrogens (tertiary/aromatic N) is 2. The fourth-order valence-corrected chi connectivity index (χ4v) is 2.04. The minimum absolute atomic E-state index is 0.0350. The third-order valence-corrected chi connectivity index (χ3v) is 2.91. The Kier molecular flexibility index (Phi) is 2.37. The van der Waals surface area contributed by atoms with Crippen molar-refractivity contribution in [2.24, 2.45) is 0 Å². The van der Waals surface area contributed by atoms with Gasteiger partial charge in [0.2, 0.25) is 5.91 Å². The molecule has 0 amide bonds. The van der Waals surface area contributed by atoms with Crippen LogP contribution in [-0.4, -0.2) is 20.7 Å². The number of carbonyl (C=O) groups excluding carboxylic acids is 1. The Hall–Kier alpha value is -2.56. The van der Waals surface area contributed by atoms with Gasteiger partial charge in [0, 0.05) is 23.5 Å². The summed E-state index contributed by atoms with van der Waals surface area (Å²) in [4.78, 5) is 12.2. The van der Waals surface area contributed by atoms with E-state index in [9.17, 15) is 4.79 Å². The number of carbonyl (C=O) groups is 1. The van der Waals surface area contributed by atoms with Gasteiger partial charge in [0.25, 0.3) is 0 Å². The molecular weight excluding hydrogens is 228 g/mol. The quantitative estimate of drug-likeness (QED) is 0.717. The molecule has 90 valence electrons. The molecule has 5 heteroatoms. The number of nitrogens with one attached hydrogen (secondary N) is 1. The third-order valence-electron chi connectivity index (χ3n) is 2.91. The van der Waals surface area contributed by atoms with Gasteiger partial charge in [0.15, 0.2) is 0 Å². The number of fused-ring (bicyclic) bond motifs is 1. The summed E-state index contributed by atoms with van der Waals surface area (Å²) >= 11 is 0. The van der Waals surface area contributed by atoms with Gasteiger partial charge >= 0.3 is 0 Å². The number of aromatic nitrogens is 3. The van der Waals surface area contributed by atoms with Crippen LogP contribution in [0.3, 0.4) is 0 Å². The van der Waals surface area contributed by atoms with Crippen LogP contribution < -0.4 is 5.73 Å². The number of aromatic amines is 1. The summed E-state index contributed by atoms with van der Waals surface area (Å²) in [5.74, 6) is -0.0350. The molecule has 0 unspecified atom stereocenters. The predicted octanol–water partition coefficient (Wildman–Crippen LogP) is 1.83. The number of para-hydroxylation sites is 1. The average Bonchev–Trinajstić information content (AvgIpc) is 2.98. The minimum atomic E-state index is -0.0350. The third kappa shape index (κ3) is 1.66. The SMILES string of the molecule is Nc1cn(C(=O)Cc2ccn[nH]2)c2ccccc12. The molecule has 0 fully saturated rings. The predicted molar refractivity (Wildman–Crippen MR) is 69.3 cm³/mol. The maximum absolute atomic E-state index is 12.2. The molecule has 2 aromatic heterocycles. The van der Waals surface area contributed by atoms with E-state index in [1.165, 1.54) is 0 Å². The fraction of sp³-hybridized carbons (Fsp3) is 0.0769. The molecule has 3 aromatic rings. The molecular formula is C13H12N4O. The zero-order chi connectivity index (χ0) is 12.5. The molecule has 2 heterocycles. The molecule has 1 aromatic carbocycles. The van der Waals surface area contributed by atoms with E-state index in [2.05, 4.69) is 10.2 Å². The normalized spacial score (nSPS) is 10.9. The molecule has 18 heavy (non-hydrogen) atoms. The van der Waals surface area contributed by atoms with Crippen LogP contribution in [0.4, 0.5) is 5.69 Å². The summed E-state index contributed by atoms with van der Waals surface area (Å²) in [6, 6.07) is 9.37. The maximum atomic E-state index is 12.2. The molecule has 0 aliphatic heterocycles. The van der Waals surface area contributed by atoms with Crippen molar-refractivity contribution in [3.8, 4) is 0 Å². The van der Waals surface area contributed by atoms with Crippen LogP contribution in [0.1, 0.15) is 10.5 Å². The van der Waals surface area contributed by atoms with Crippen LogP contribution in [0.2, 0.25) is 0 Å². The molecule has 0 atom stereocenters. The maximum Gasteiger partial charge on any atom is 0.237 e. The van der Waals surface area contributed by atoms with Gasteiger partial charge in [-0.15, -0.1) is 0 Å². The molecule has 3 N–H and O–H groups in total. The number of nitrogens with two attached hydrogens (primary N) is 1. The Balaban J connectivity index is 2.01. The number of benzene rings is 1. The van der Waals surface area contributed by atoms with Crippen molar-refractivity contribution in [1.82, 2.24) is 14.8 Å². The standard InChI is InChI=1S/C13H12N4O/c14-11-8-17(12-4-2-1-3-10(11)12)13(18)7-9-5-6-15-16-9/h1-6,8H,7,14H2,(H,15,16). The second-order valence-corrected chi connectivity index (χ2v) is 4.12. The average molecular weight is 240 g/mol. The summed E-state index contributed by atoms with van der Waals surface area (Å²) in [7, 11) is 0. The topological polar surface area (TPSA) is 76.7 Å². The minimum Gasteiger partial charge on any atom is -0.397 e. The zero-order valence-corrected chi connectivity index (χ0v) is 9.63. The van der Waals surface area contributed by atoms with Crippen LogP contribution in [-0.2, 0) is 6.42 Å². The molecule has 0 aliphatic carbocycles. The van der Waals surface area contributed by atoms with Gasteiger partial charge in [-0.3, -0.25) is 14.5 Å². The smallest absolute Gasteiger partial charge is 0.237 e. The van der Waals surface area contributed by atoms with Crippen LogP contribution in [0, 0.1) is 0 Å². The van der Waals surface area contributed by atoms with E-state index in [-0.39, 0.29) is 12.3 Å². The Bertz CT molecular complexity index is 697. The summed E-state index contributed by atoms with van der Waals surface area (Å²) in [6.07, 6.45) is 3.58. The Morgan fingerprint density at radius 1 is 1.33 bits per heavy atom. The molecule has 0 radical (unpaired) electrons. The van der Waals surface area contributed by atoms with Gasteiger partial charge in [-0.2, -0.15) is 5.10 Å². The van der Waals surface area contributed by atoms with E-state index in [1.54, 1.807) is 23.0 Å². The van der Waals surface area contributed by atoms with E-state index < -0.39 is 0 Å². The number of rotatable bonds is 2. The first-order chi connectivity index (χ1) is 8.75. The van der Waals surface area contributed by atoms with Crippen molar-refractivity contribution in [2.75, 3.05) is 5.73 Å². The van der Waals surface area contributed by atoms with E-state index in [4.69, 9.17) is 5.73 Å². The number of hydrogen-bond acceptors (Lipinski definition) is 3. The first-order valence-electron chi connectivity index (χ1n) is 5.63. The van der Waals surface area contributed by atoms with Gasteiger partial charge in [-0.1, -0.05) is 18.2 Å². The second kappa shape index (κ2) is 4.03. The monoisotopic (exact) mass is 240 g/mol. The molecule has 3 rings (SSSR count). The van der Waals surface area contributed by atoms with Crippen molar-refractivity contribution in [3.05, 3.63) is 48.4 Å². The largest absolute Gasteiger partial charge is 0.397 e. The van der Waals surface area contributed by atoms with Gasteiger partial charge in [0.05, 0.1) is 17.6 Å². The van der Waals surface area contributed by atoms with E-state index in [0.717, 1.165) is 16.6 Å². The fourth-order valence-electron chi connectivity index (χ4n) is 2.04. The highest BCUT2D eigenvalue weighted by molar-refractivity contribution is 5.99. The lowest BCUT2D eigenvalue weighted by Gasteiger charge is -2.02. The summed E-state index contributed by atoms with van der Waals surface area (Å²) in [6.45, 7) is 0. The highest BCUT2D eigenvalue weighted by atomic mass is 16.2. The highest BCUT2D eigenvalue weighted by Crippen LogP contribution is 2.23. The number of hydrogen-bond donors (Lipinski definition) is 2. The van der Waals surface area contributed by atoms with Crippen molar-refractivity contribution in [1.29, 1.82) is 0 Å². The lowest BCUT2D eigenvalue weighted by molar-refractivity contribution is 0.0918. The summed E-state index contributed by atoms with van der Waals surface area (Å²) in [5.41, 5.74) is 8.13. The lowest BCUT2D eigenvalue weighted by Crippen LogP contribution is -2.12. The first-order valence-corrected chi connectivity index (χ1v) is 5.63. The number of anilines is 1. The Morgan fingerprint density at radius 2 is 2.17 bits per heavy atom. The Labute approximate surface area is 103 Å². The van der Waals surface area contributed by atoms with Gasteiger partial charge < -0.3 is 5.73 Å². The second-order valence-electron chi connectivity index (χ2n) is 4.12. The van der Waals surface area contributed by atoms with Gasteiger partial charge in [-0.25, -0.2) is 0 Å². The highest BCUT2D eigenvalue weighted by Gasteiger charge is 2.12. The van der Waals surface area contributed by atoms with E-state index >= 15 is 0 Å². The molecule has 0 spiro atoms. The van der Waals surface area contributed by atoms with Crippen LogP contribution in [0.25, 0.3) is 10.9 Å². The summed E-state index contributed by atoms with van der Waals surface area (Å²) < 4.78 is 1.59. The lowest BCUT2D eigenvalue weighted by atomic mass is 10.2. The Morgan fingerprint density at radius 3 is 2.94 bits per heavy atom. The van der Waals surface area contributed by atoms with Crippen molar-refractivity contribution >= 4 is 22.5 Å². The van der Waals surface area contributed by atoms with Crippen LogP contribution in [0.5, 0.6) is 0 Å². The molecule has 0 aliphatic rings. The molecule has 5 nitrogen and oxygen atoms in total. The molecule has 0 saturated carbocycles. The van der Waals surface area contributed by atoms with Crippen LogP contribution >= 0.6 is 0 Å². The zero-order valence-electron chi connectivity index (χ0n) is 9.63. The summed E-state index contributed by atoms with van der Waals surface area (Å²) in [5, 5.41) is 7.50. The van der Waals surface area contributed by atoms with E-state index in [0.29, 0.717) is 5.69 Å². The van der Waals surface area contributed by atoms with Crippen molar-refractivity contribution in [3.63, 3.8) is 0 Å². The molecule has 0 saturated heterocycles. The molecule has 0 bridgehead atoms. The van der Waals surface area contributed by atoms with Gasteiger partial charge in [0.1, 0.15) is 0 Å². The van der Waals surface area contributed by atoms with Crippen LogP contribution in [0.15, 0.2) is 42.7 Å². The van der Waals surface area contributed by atoms with E-state index in [1.807, 2.05) is 24.3 Å². The van der Waals surface area contributed by atoms with Crippen molar-refractivity contribution in [2.45, 2.75) is 6.42 Å². The van der Waals surface area contributed by atoms with Crippen molar-refractivity contribution < 1.29 is 4.79 Å². The van der Waals surface area contributed by atoms with Gasteiger partial charge in [-0.05, 0) is 12.1 Å².